The number of hydrogen-bond acceptors (Lipinski definition) is 5. The van der Waals surface area contributed by atoms with Crippen LogP contribution in [0.1, 0.15) is 39.4 Å². The summed E-state index contributed by atoms with van der Waals surface area (Å²) in [5, 5.41) is 0.334. The minimum absolute atomic E-state index is 0.0523. The van der Waals surface area contributed by atoms with Gasteiger partial charge in [0.05, 0.1) is 5.69 Å². The zero-order valence-electron chi connectivity index (χ0n) is 18.7. The summed E-state index contributed by atoms with van der Waals surface area (Å²) in [6.45, 7) is 9.53. The summed E-state index contributed by atoms with van der Waals surface area (Å²) in [6, 6.07) is 10.2. The lowest BCUT2D eigenvalue weighted by Crippen LogP contribution is -2.55. The lowest BCUT2D eigenvalue weighted by atomic mass is 10.1. The molecule has 0 aliphatic carbocycles. The number of anilines is 1. The van der Waals surface area contributed by atoms with Crippen LogP contribution < -0.4 is 14.4 Å². The van der Waals surface area contributed by atoms with E-state index in [1.54, 1.807) is 17.0 Å². The summed E-state index contributed by atoms with van der Waals surface area (Å²) in [6.07, 6.45) is -0.890. The topological polar surface area (TPSA) is 51.2 Å². The SMILES string of the molecule is C[C@H]1CN(c2cccc3c2O[C@@H](c2ccc(Cl)cc2F)CO3)CCN1C(=O)OC(C)(C)C. The van der Waals surface area contributed by atoms with Crippen LogP contribution in [0.15, 0.2) is 36.4 Å². The molecular weight excluding hydrogens is 435 g/mol. The smallest absolute Gasteiger partial charge is 0.410 e. The highest BCUT2D eigenvalue weighted by Crippen LogP contribution is 2.44. The molecule has 1 fully saturated rings. The maximum Gasteiger partial charge on any atom is 0.410 e. The van der Waals surface area contributed by atoms with Crippen molar-refractivity contribution in [3.05, 3.63) is 52.8 Å². The van der Waals surface area contributed by atoms with Gasteiger partial charge in [0, 0.05) is 36.3 Å². The Labute approximate surface area is 192 Å². The van der Waals surface area contributed by atoms with Gasteiger partial charge in [-0.3, -0.25) is 0 Å². The minimum atomic E-state index is -0.582. The van der Waals surface area contributed by atoms with Crippen molar-refractivity contribution in [3.8, 4) is 11.5 Å². The number of para-hydroxylation sites is 1. The zero-order valence-corrected chi connectivity index (χ0v) is 19.5. The first kappa shape index (κ1) is 22.5. The standard InChI is InChI=1S/C24H28ClFN2O4/c1-15-13-27(10-11-28(15)23(29)32-24(2,3)4)19-6-5-7-20-22(19)31-21(14-30-20)17-9-8-16(25)12-18(17)26/h5-9,12,15,21H,10-11,13-14H2,1-4H3/t15-,21+/m0/s1. The lowest BCUT2D eigenvalue weighted by Gasteiger charge is -2.42. The van der Waals surface area contributed by atoms with E-state index in [4.69, 9.17) is 25.8 Å². The number of benzene rings is 2. The van der Waals surface area contributed by atoms with Crippen LogP contribution in [0.25, 0.3) is 0 Å². The summed E-state index contributed by atoms with van der Waals surface area (Å²) in [4.78, 5) is 16.5. The maximum atomic E-state index is 14.5. The van der Waals surface area contributed by atoms with Crippen molar-refractivity contribution in [1.29, 1.82) is 0 Å². The molecule has 2 aromatic carbocycles. The maximum absolute atomic E-state index is 14.5. The normalized spacial score (nSPS) is 20.8. The Kier molecular flexibility index (Phi) is 6.12. The number of nitrogens with zero attached hydrogens (tertiary/aromatic N) is 2. The van der Waals surface area contributed by atoms with Crippen LogP contribution in [0.4, 0.5) is 14.9 Å². The summed E-state index contributed by atoms with van der Waals surface area (Å²) in [5.41, 5.74) is 0.721. The van der Waals surface area contributed by atoms with E-state index in [-0.39, 0.29) is 18.7 Å². The third kappa shape index (κ3) is 4.72. The van der Waals surface area contributed by atoms with Crippen molar-refractivity contribution >= 4 is 23.4 Å². The van der Waals surface area contributed by atoms with Gasteiger partial charge in [-0.25, -0.2) is 9.18 Å². The van der Waals surface area contributed by atoms with Gasteiger partial charge in [0.25, 0.3) is 0 Å². The van der Waals surface area contributed by atoms with Gasteiger partial charge in [-0.05, 0) is 52.0 Å². The van der Waals surface area contributed by atoms with Gasteiger partial charge < -0.3 is 24.0 Å². The molecule has 0 radical (unpaired) electrons. The average molecular weight is 463 g/mol. The van der Waals surface area contributed by atoms with E-state index < -0.39 is 17.5 Å². The van der Waals surface area contributed by atoms with Crippen LogP contribution in [0.2, 0.25) is 5.02 Å². The highest BCUT2D eigenvalue weighted by molar-refractivity contribution is 6.30. The lowest BCUT2D eigenvalue weighted by molar-refractivity contribution is 0.0158. The Morgan fingerprint density at radius 2 is 2.00 bits per heavy atom. The summed E-state index contributed by atoms with van der Waals surface area (Å²) < 4.78 is 32.2. The molecule has 0 N–H and O–H groups in total. The van der Waals surface area contributed by atoms with Gasteiger partial charge >= 0.3 is 6.09 Å². The second-order valence-electron chi connectivity index (χ2n) is 9.16. The number of carbonyl (C=O) groups is 1. The molecule has 1 saturated heterocycles. The van der Waals surface area contributed by atoms with Gasteiger partial charge in [0.15, 0.2) is 17.6 Å². The van der Waals surface area contributed by atoms with Crippen molar-refractivity contribution in [1.82, 2.24) is 4.90 Å². The van der Waals surface area contributed by atoms with Gasteiger partial charge in [0.2, 0.25) is 0 Å². The molecule has 0 spiro atoms. The molecule has 4 rings (SSSR count). The fourth-order valence-corrected chi connectivity index (χ4v) is 4.17. The molecule has 0 unspecified atom stereocenters. The molecule has 32 heavy (non-hydrogen) atoms. The van der Waals surface area contributed by atoms with Crippen molar-refractivity contribution in [2.75, 3.05) is 31.1 Å². The highest BCUT2D eigenvalue weighted by atomic mass is 35.5. The number of ether oxygens (including phenoxy) is 3. The van der Waals surface area contributed by atoms with Crippen LogP contribution in [0, 0.1) is 5.82 Å². The Bertz CT molecular complexity index is 1010. The van der Waals surface area contributed by atoms with E-state index in [1.807, 2.05) is 45.9 Å². The van der Waals surface area contributed by atoms with E-state index in [2.05, 4.69) is 4.90 Å². The fraction of sp³-hybridized carbons (Fsp3) is 0.458. The molecule has 1 amide bonds. The van der Waals surface area contributed by atoms with Crippen LogP contribution >= 0.6 is 11.6 Å². The quantitative estimate of drug-likeness (QED) is 0.595. The molecule has 2 atom stereocenters. The van der Waals surface area contributed by atoms with Gasteiger partial charge in [0.1, 0.15) is 18.0 Å². The van der Waals surface area contributed by atoms with Crippen LogP contribution in [0.3, 0.4) is 0 Å². The summed E-state index contributed by atoms with van der Waals surface area (Å²) in [7, 11) is 0. The number of rotatable bonds is 2. The third-order valence-electron chi connectivity index (χ3n) is 5.51. The predicted molar refractivity (Wildman–Crippen MR) is 121 cm³/mol. The third-order valence-corrected chi connectivity index (χ3v) is 5.75. The number of fused-ring (bicyclic) bond motifs is 1. The highest BCUT2D eigenvalue weighted by Gasteiger charge is 2.34. The second kappa shape index (κ2) is 8.70. The molecule has 172 valence electrons. The molecular formula is C24H28ClFN2O4. The molecule has 2 aliphatic heterocycles. The van der Waals surface area contributed by atoms with Crippen molar-refractivity contribution in [2.45, 2.75) is 45.4 Å². The Hall–Kier alpha value is -2.67. The molecule has 2 aromatic rings. The molecule has 0 aromatic heterocycles. The first-order valence-corrected chi connectivity index (χ1v) is 11.1. The van der Waals surface area contributed by atoms with E-state index in [0.717, 1.165) is 5.69 Å². The first-order valence-electron chi connectivity index (χ1n) is 10.7. The largest absolute Gasteiger partial charge is 0.485 e. The van der Waals surface area contributed by atoms with Crippen molar-refractivity contribution < 1.29 is 23.4 Å². The van der Waals surface area contributed by atoms with Crippen LogP contribution in [0.5, 0.6) is 11.5 Å². The first-order chi connectivity index (χ1) is 15.1. The molecule has 0 saturated carbocycles. The van der Waals surface area contributed by atoms with E-state index in [9.17, 15) is 9.18 Å². The monoisotopic (exact) mass is 462 g/mol. The number of amides is 1. The summed E-state index contributed by atoms with van der Waals surface area (Å²) in [5.74, 6) is 0.776. The number of halogens is 2. The molecule has 2 heterocycles. The Balaban J connectivity index is 1.53. The Morgan fingerprint density at radius 3 is 2.69 bits per heavy atom. The fourth-order valence-electron chi connectivity index (χ4n) is 4.01. The number of piperazine rings is 1. The van der Waals surface area contributed by atoms with E-state index in [1.165, 1.54) is 6.07 Å². The molecule has 8 heteroatoms. The molecule has 2 aliphatic rings. The van der Waals surface area contributed by atoms with E-state index in [0.29, 0.717) is 41.7 Å². The van der Waals surface area contributed by atoms with Gasteiger partial charge in [-0.1, -0.05) is 23.7 Å². The van der Waals surface area contributed by atoms with Crippen molar-refractivity contribution in [3.63, 3.8) is 0 Å². The molecule has 0 bridgehead atoms. The Morgan fingerprint density at radius 1 is 1.22 bits per heavy atom. The average Bonchev–Trinajstić information content (AvgIpc) is 2.71. The van der Waals surface area contributed by atoms with Crippen molar-refractivity contribution in [2.24, 2.45) is 0 Å². The zero-order chi connectivity index (χ0) is 23.0. The second-order valence-corrected chi connectivity index (χ2v) is 9.59. The number of carbonyl (C=O) groups excluding carboxylic acids is 1. The molecule has 6 nitrogen and oxygen atoms in total. The van der Waals surface area contributed by atoms with Crippen LogP contribution in [-0.4, -0.2) is 48.9 Å². The summed E-state index contributed by atoms with van der Waals surface area (Å²) >= 11 is 5.89. The number of hydrogen-bond donors (Lipinski definition) is 0. The predicted octanol–water partition coefficient (Wildman–Crippen LogP) is 5.44. The van der Waals surface area contributed by atoms with Gasteiger partial charge in [-0.15, -0.1) is 0 Å². The minimum Gasteiger partial charge on any atom is -0.485 e. The van der Waals surface area contributed by atoms with Gasteiger partial charge in [-0.2, -0.15) is 0 Å². The van der Waals surface area contributed by atoms with E-state index >= 15 is 0 Å². The van der Waals surface area contributed by atoms with Crippen LogP contribution in [-0.2, 0) is 4.74 Å².